The van der Waals surface area contributed by atoms with E-state index in [1.54, 1.807) is 0 Å². The Kier molecular flexibility index (Phi) is 1.65. The number of rotatable bonds is 3. The van der Waals surface area contributed by atoms with E-state index in [4.69, 9.17) is 10.8 Å². The van der Waals surface area contributed by atoms with Gasteiger partial charge in [0.05, 0.1) is 6.42 Å². The maximum absolute atomic E-state index is 10.6. The van der Waals surface area contributed by atoms with E-state index >= 15 is 0 Å². The Morgan fingerprint density at radius 3 is 2.50 bits per heavy atom. The SMILES string of the molecule is NC[C@]1(CC(=O)O)C[C@H]2C[C@H]2C1. The van der Waals surface area contributed by atoms with Gasteiger partial charge in [-0.2, -0.15) is 0 Å². The topological polar surface area (TPSA) is 63.3 Å². The first-order valence-electron chi connectivity index (χ1n) is 4.57. The van der Waals surface area contributed by atoms with Gasteiger partial charge in [-0.1, -0.05) is 0 Å². The smallest absolute Gasteiger partial charge is 0.303 e. The summed E-state index contributed by atoms with van der Waals surface area (Å²) < 4.78 is 0. The predicted molar refractivity (Wildman–Crippen MR) is 44.6 cm³/mol. The van der Waals surface area contributed by atoms with E-state index in [2.05, 4.69) is 0 Å². The molecule has 0 saturated heterocycles. The van der Waals surface area contributed by atoms with Crippen LogP contribution in [0.4, 0.5) is 0 Å². The van der Waals surface area contributed by atoms with Crippen molar-refractivity contribution in [3.8, 4) is 0 Å². The standard InChI is InChI=1S/C9H15NO2/c10-5-9(4-8(11)12)2-6-1-7(6)3-9/h6-7H,1-5,10H2,(H,11,12)/t6-,7+,9-. The summed E-state index contributed by atoms with van der Waals surface area (Å²) >= 11 is 0. The van der Waals surface area contributed by atoms with Gasteiger partial charge < -0.3 is 10.8 Å². The van der Waals surface area contributed by atoms with E-state index in [9.17, 15) is 4.79 Å². The van der Waals surface area contributed by atoms with Crippen LogP contribution in [0.25, 0.3) is 0 Å². The zero-order valence-electron chi connectivity index (χ0n) is 7.12. The Balaban J connectivity index is 2.00. The van der Waals surface area contributed by atoms with Crippen molar-refractivity contribution in [3.05, 3.63) is 0 Å². The maximum atomic E-state index is 10.6. The van der Waals surface area contributed by atoms with E-state index in [-0.39, 0.29) is 11.8 Å². The van der Waals surface area contributed by atoms with Crippen molar-refractivity contribution in [1.29, 1.82) is 0 Å². The fourth-order valence-electron chi connectivity index (χ4n) is 2.71. The molecule has 0 aromatic heterocycles. The van der Waals surface area contributed by atoms with E-state index in [0.29, 0.717) is 6.54 Å². The molecule has 0 bridgehead atoms. The van der Waals surface area contributed by atoms with Gasteiger partial charge in [-0.3, -0.25) is 4.79 Å². The minimum absolute atomic E-state index is 0.0422. The minimum atomic E-state index is -0.693. The largest absolute Gasteiger partial charge is 0.481 e. The summed E-state index contributed by atoms with van der Waals surface area (Å²) in [6.07, 6.45) is 3.71. The molecule has 0 unspecified atom stereocenters. The molecule has 3 heteroatoms. The number of hydrogen-bond acceptors (Lipinski definition) is 2. The molecule has 2 rings (SSSR count). The highest BCUT2D eigenvalue weighted by Crippen LogP contribution is 2.60. The molecule has 2 aliphatic carbocycles. The van der Waals surface area contributed by atoms with E-state index in [0.717, 1.165) is 24.7 Å². The zero-order chi connectivity index (χ0) is 8.77. The lowest BCUT2D eigenvalue weighted by Gasteiger charge is -2.26. The van der Waals surface area contributed by atoms with E-state index < -0.39 is 5.97 Å². The lowest BCUT2D eigenvalue weighted by Crippen LogP contribution is -2.31. The fourth-order valence-corrected chi connectivity index (χ4v) is 2.71. The summed E-state index contributed by atoms with van der Waals surface area (Å²) in [5.41, 5.74) is 5.59. The van der Waals surface area contributed by atoms with E-state index in [1.807, 2.05) is 0 Å². The van der Waals surface area contributed by atoms with Gasteiger partial charge in [-0.15, -0.1) is 0 Å². The number of aliphatic carboxylic acids is 1. The second-order valence-electron chi connectivity index (χ2n) is 4.44. The first kappa shape index (κ1) is 8.05. The second kappa shape index (κ2) is 2.46. The molecule has 68 valence electrons. The average Bonchev–Trinajstić information content (AvgIpc) is 2.59. The van der Waals surface area contributed by atoms with Crippen molar-refractivity contribution >= 4 is 5.97 Å². The summed E-state index contributed by atoms with van der Waals surface area (Å²) in [4.78, 5) is 10.6. The Morgan fingerprint density at radius 1 is 1.50 bits per heavy atom. The summed E-state index contributed by atoms with van der Waals surface area (Å²) in [5.74, 6) is 0.933. The van der Waals surface area contributed by atoms with Crippen LogP contribution in [0.2, 0.25) is 0 Å². The van der Waals surface area contributed by atoms with Crippen LogP contribution >= 0.6 is 0 Å². The maximum Gasteiger partial charge on any atom is 0.303 e. The molecule has 0 radical (unpaired) electrons. The van der Waals surface area contributed by atoms with Gasteiger partial charge in [0.15, 0.2) is 0 Å². The monoisotopic (exact) mass is 169 g/mol. The molecule has 0 aliphatic heterocycles. The molecule has 2 saturated carbocycles. The van der Waals surface area contributed by atoms with Crippen molar-refractivity contribution in [3.63, 3.8) is 0 Å². The van der Waals surface area contributed by atoms with Crippen molar-refractivity contribution in [2.24, 2.45) is 23.0 Å². The number of carbonyl (C=O) groups is 1. The van der Waals surface area contributed by atoms with Crippen molar-refractivity contribution in [2.45, 2.75) is 25.7 Å². The van der Waals surface area contributed by atoms with Crippen molar-refractivity contribution in [1.82, 2.24) is 0 Å². The summed E-state index contributed by atoms with van der Waals surface area (Å²) in [6, 6.07) is 0. The van der Waals surface area contributed by atoms with Crippen LogP contribution in [0, 0.1) is 17.3 Å². The molecule has 3 nitrogen and oxygen atoms in total. The summed E-state index contributed by atoms with van der Waals surface area (Å²) in [7, 11) is 0. The molecule has 2 aliphatic rings. The van der Waals surface area contributed by atoms with Crippen LogP contribution in [0.1, 0.15) is 25.7 Å². The van der Waals surface area contributed by atoms with Crippen molar-refractivity contribution in [2.75, 3.05) is 6.54 Å². The third-order valence-corrected chi connectivity index (χ3v) is 3.42. The number of hydrogen-bond donors (Lipinski definition) is 2. The number of carboxylic acids is 1. The molecular formula is C9H15NO2. The molecule has 0 aromatic carbocycles. The van der Waals surface area contributed by atoms with Crippen LogP contribution in [-0.4, -0.2) is 17.6 Å². The van der Waals surface area contributed by atoms with Gasteiger partial charge in [0.1, 0.15) is 0 Å². The van der Waals surface area contributed by atoms with Crippen LogP contribution < -0.4 is 5.73 Å². The lowest BCUT2D eigenvalue weighted by molar-refractivity contribution is -0.139. The Bertz CT molecular complexity index is 205. The van der Waals surface area contributed by atoms with Crippen molar-refractivity contribution < 1.29 is 9.90 Å². The first-order valence-corrected chi connectivity index (χ1v) is 4.57. The fraction of sp³-hybridized carbons (Fsp3) is 0.889. The highest BCUT2D eigenvalue weighted by Gasteiger charge is 2.53. The molecule has 3 N–H and O–H groups in total. The second-order valence-corrected chi connectivity index (χ2v) is 4.44. The Hall–Kier alpha value is -0.570. The van der Waals surface area contributed by atoms with Crippen LogP contribution in [-0.2, 0) is 4.79 Å². The number of fused-ring (bicyclic) bond motifs is 1. The first-order chi connectivity index (χ1) is 5.65. The molecule has 0 heterocycles. The third kappa shape index (κ3) is 1.22. The van der Waals surface area contributed by atoms with Gasteiger partial charge in [0.2, 0.25) is 0 Å². The van der Waals surface area contributed by atoms with E-state index in [1.165, 1.54) is 6.42 Å². The van der Waals surface area contributed by atoms with Crippen LogP contribution in [0.15, 0.2) is 0 Å². The third-order valence-electron chi connectivity index (χ3n) is 3.42. The molecule has 0 aromatic rings. The number of nitrogens with two attached hydrogens (primary N) is 1. The van der Waals surface area contributed by atoms with Gasteiger partial charge >= 0.3 is 5.97 Å². The lowest BCUT2D eigenvalue weighted by atomic mass is 9.80. The average molecular weight is 169 g/mol. The molecule has 2 fully saturated rings. The molecule has 0 spiro atoms. The molecule has 12 heavy (non-hydrogen) atoms. The van der Waals surface area contributed by atoms with Crippen LogP contribution in [0.5, 0.6) is 0 Å². The summed E-state index contributed by atoms with van der Waals surface area (Å²) in [5, 5.41) is 8.72. The Labute approximate surface area is 71.9 Å². The predicted octanol–water partition coefficient (Wildman–Crippen LogP) is 0.836. The molecule has 0 amide bonds. The minimum Gasteiger partial charge on any atom is -0.481 e. The molecule has 3 atom stereocenters. The van der Waals surface area contributed by atoms with Gasteiger partial charge in [-0.05, 0) is 43.1 Å². The normalized spacial score (nSPS) is 44.1. The molecular weight excluding hydrogens is 154 g/mol. The van der Waals surface area contributed by atoms with Gasteiger partial charge in [0, 0.05) is 0 Å². The Morgan fingerprint density at radius 2 is 2.08 bits per heavy atom. The van der Waals surface area contributed by atoms with Gasteiger partial charge in [-0.25, -0.2) is 0 Å². The highest BCUT2D eigenvalue weighted by atomic mass is 16.4. The quantitative estimate of drug-likeness (QED) is 0.658. The van der Waals surface area contributed by atoms with Gasteiger partial charge in [0.25, 0.3) is 0 Å². The van der Waals surface area contributed by atoms with Crippen LogP contribution in [0.3, 0.4) is 0 Å². The zero-order valence-corrected chi connectivity index (χ0v) is 7.12. The number of carboxylic acid groups (broad SMARTS) is 1. The summed E-state index contributed by atoms with van der Waals surface area (Å²) in [6.45, 7) is 0.548. The highest BCUT2D eigenvalue weighted by molar-refractivity contribution is 5.67.